The fraction of sp³-hybridized carbons (Fsp3) is 0.500. The van der Waals surface area contributed by atoms with E-state index >= 15 is 0 Å². The molecule has 0 atom stereocenters. The molecule has 0 bridgehead atoms. The molecular formula is C24H37BrN2O2. The van der Waals surface area contributed by atoms with Crippen LogP contribution in [0.3, 0.4) is 0 Å². The van der Waals surface area contributed by atoms with Crippen LogP contribution in [0.2, 0.25) is 0 Å². The Labute approximate surface area is 187 Å². The number of benzene rings is 1. The third-order valence-corrected chi connectivity index (χ3v) is 4.55. The van der Waals surface area contributed by atoms with Crippen molar-refractivity contribution >= 4 is 40.7 Å². The lowest BCUT2D eigenvalue weighted by Crippen LogP contribution is -2.34. The monoisotopic (exact) mass is 464 g/mol. The molecule has 0 saturated heterocycles. The minimum atomic E-state index is -0.414. The van der Waals surface area contributed by atoms with Crippen LogP contribution in [0, 0.1) is 10.8 Å². The molecule has 0 heterocycles. The number of hydrogen-bond donors (Lipinski definition) is 0. The van der Waals surface area contributed by atoms with Gasteiger partial charge in [0.2, 0.25) is 0 Å². The molecule has 1 rings (SSSR count). The smallest absolute Gasteiger partial charge is 0.162 e. The van der Waals surface area contributed by atoms with Gasteiger partial charge in [-0.2, -0.15) is 0 Å². The highest BCUT2D eigenvalue weighted by atomic mass is 79.9. The fourth-order valence-electron chi connectivity index (χ4n) is 3.25. The zero-order chi connectivity index (χ0) is 21.5. The number of nitrogens with zero attached hydrogens (tertiary/aromatic N) is 2. The van der Waals surface area contributed by atoms with Gasteiger partial charge in [0.1, 0.15) is 0 Å². The summed E-state index contributed by atoms with van der Waals surface area (Å²) in [4.78, 5) is 28.9. The van der Waals surface area contributed by atoms with E-state index < -0.39 is 10.8 Å². The number of rotatable bonds is 10. The maximum atomic E-state index is 12.4. The van der Waals surface area contributed by atoms with Gasteiger partial charge in [-0.25, -0.2) is 0 Å². The van der Waals surface area contributed by atoms with Gasteiger partial charge in [0.15, 0.2) is 11.6 Å². The average molecular weight is 465 g/mol. The van der Waals surface area contributed by atoms with E-state index in [1.807, 2.05) is 102 Å². The largest absolute Gasteiger partial charge is 0.308 e. The summed E-state index contributed by atoms with van der Waals surface area (Å²) in [6.45, 7) is 9.26. The van der Waals surface area contributed by atoms with E-state index in [4.69, 9.17) is 0 Å². The molecule has 0 spiro atoms. The molecule has 0 aliphatic carbocycles. The molecule has 0 aliphatic rings. The number of allylic oxidation sites excluding steroid dienone is 2. The Kier molecular flexibility index (Phi) is 11.0. The molecule has 1 aromatic rings. The molecule has 29 heavy (non-hydrogen) atoms. The molecule has 0 fully saturated rings. The van der Waals surface area contributed by atoms with Crippen LogP contribution in [0.4, 0.5) is 0 Å². The van der Waals surface area contributed by atoms with Crippen molar-refractivity contribution in [2.24, 2.45) is 10.8 Å². The SMILES string of the molecule is Br.CN(C)CC(C)(C)C(=O)/C=C/c1ccc(/C=C/C(=O)C(C)(C)CN(C)C)cc1. The highest BCUT2D eigenvalue weighted by Gasteiger charge is 2.26. The zero-order valence-corrected chi connectivity index (χ0v) is 20.9. The summed E-state index contributed by atoms with van der Waals surface area (Å²) in [6, 6.07) is 7.82. The highest BCUT2D eigenvalue weighted by molar-refractivity contribution is 8.93. The second-order valence-electron chi connectivity index (χ2n) is 9.31. The van der Waals surface area contributed by atoms with Crippen molar-refractivity contribution < 1.29 is 9.59 Å². The Morgan fingerprint density at radius 1 is 0.724 bits per heavy atom. The lowest BCUT2D eigenvalue weighted by molar-refractivity contribution is -0.123. The summed E-state index contributed by atoms with van der Waals surface area (Å²) in [7, 11) is 7.88. The summed E-state index contributed by atoms with van der Waals surface area (Å²) in [5.74, 6) is 0.220. The topological polar surface area (TPSA) is 40.6 Å². The first-order valence-corrected chi connectivity index (χ1v) is 9.68. The summed E-state index contributed by atoms with van der Waals surface area (Å²) in [5, 5.41) is 0. The van der Waals surface area contributed by atoms with Crippen molar-refractivity contribution in [3.8, 4) is 0 Å². The lowest BCUT2D eigenvalue weighted by Gasteiger charge is -2.25. The Morgan fingerprint density at radius 3 is 1.24 bits per heavy atom. The van der Waals surface area contributed by atoms with E-state index in [0.29, 0.717) is 13.1 Å². The second kappa shape index (κ2) is 11.6. The molecule has 0 aromatic heterocycles. The van der Waals surface area contributed by atoms with Crippen LogP contribution in [0.15, 0.2) is 36.4 Å². The van der Waals surface area contributed by atoms with E-state index in [0.717, 1.165) is 11.1 Å². The number of carbonyl (C=O) groups excluding carboxylic acids is 2. The quantitative estimate of drug-likeness (QED) is 0.474. The Hall–Kier alpha value is -1.56. The highest BCUT2D eigenvalue weighted by Crippen LogP contribution is 2.20. The van der Waals surface area contributed by atoms with Crippen LogP contribution in [0.1, 0.15) is 38.8 Å². The number of carbonyl (C=O) groups is 2. The summed E-state index contributed by atoms with van der Waals surface area (Å²) >= 11 is 0. The van der Waals surface area contributed by atoms with Gasteiger partial charge in [-0.1, -0.05) is 64.1 Å². The van der Waals surface area contributed by atoms with Gasteiger partial charge >= 0.3 is 0 Å². The summed E-state index contributed by atoms with van der Waals surface area (Å²) in [6.07, 6.45) is 7.00. The molecule has 0 radical (unpaired) electrons. The van der Waals surface area contributed by atoms with Gasteiger partial charge in [-0.15, -0.1) is 17.0 Å². The van der Waals surface area contributed by atoms with Crippen molar-refractivity contribution in [2.75, 3.05) is 41.3 Å². The average Bonchev–Trinajstić information content (AvgIpc) is 2.56. The zero-order valence-electron chi connectivity index (χ0n) is 19.2. The molecule has 4 nitrogen and oxygen atoms in total. The van der Waals surface area contributed by atoms with E-state index in [-0.39, 0.29) is 28.5 Å². The molecular weight excluding hydrogens is 428 g/mol. The number of hydrogen-bond acceptors (Lipinski definition) is 4. The maximum absolute atomic E-state index is 12.4. The number of halogens is 1. The Balaban J connectivity index is 0.00000784. The van der Waals surface area contributed by atoms with Crippen molar-refractivity contribution in [1.29, 1.82) is 0 Å². The summed E-state index contributed by atoms with van der Waals surface area (Å²) < 4.78 is 0. The van der Waals surface area contributed by atoms with Gasteiger partial charge in [0.05, 0.1) is 0 Å². The van der Waals surface area contributed by atoms with E-state index in [1.54, 1.807) is 12.2 Å². The van der Waals surface area contributed by atoms with Gasteiger partial charge in [0, 0.05) is 23.9 Å². The van der Waals surface area contributed by atoms with Gasteiger partial charge < -0.3 is 9.80 Å². The first-order valence-electron chi connectivity index (χ1n) is 9.68. The van der Waals surface area contributed by atoms with Crippen LogP contribution in [0.25, 0.3) is 12.2 Å². The molecule has 0 unspecified atom stereocenters. The first-order chi connectivity index (χ1) is 12.8. The molecule has 0 saturated carbocycles. The van der Waals surface area contributed by atoms with Crippen molar-refractivity contribution in [3.05, 3.63) is 47.5 Å². The minimum absolute atomic E-state index is 0. The van der Waals surface area contributed by atoms with Crippen molar-refractivity contribution in [3.63, 3.8) is 0 Å². The van der Waals surface area contributed by atoms with Gasteiger partial charge in [-0.3, -0.25) is 9.59 Å². The fourth-order valence-corrected chi connectivity index (χ4v) is 3.25. The molecule has 0 N–H and O–H groups in total. The summed E-state index contributed by atoms with van der Waals surface area (Å²) in [5.41, 5.74) is 1.10. The molecule has 0 amide bonds. The third kappa shape index (κ3) is 9.66. The number of ketones is 2. The lowest BCUT2D eigenvalue weighted by atomic mass is 9.87. The van der Waals surface area contributed by atoms with Crippen molar-refractivity contribution in [2.45, 2.75) is 27.7 Å². The Bertz CT molecular complexity index is 667. The second-order valence-corrected chi connectivity index (χ2v) is 9.31. The van der Waals surface area contributed by atoms with Gasteiger partial charge in [0.25, 0.3) is 0 Å². The maximum Gasteiger partial charge on any atom is 0.162 e. The van der Waals surface area contributed by atoms with E-state index in [2.05, 4.69) is 0 Å². The van der Waals surface area contributed by atoms with Crippen LogP contribution in [-0.4, -0.2) is 62.6 Å². The van der Waals surface area contributed by atoms with Gasteiger partial charge in [-0.05, 0) is 51.5 Å². The van der Waals surface area contributed by atoms with Crippen LogP contribution < -0.4 is 0 Å². The van der Waals surface area contributed by atoms with E-state index in [9.17, 15) is 9.59 Å². The van der Waals surface area contributed by atoms with Crippen LogP contribution in [-0.2, 0) is 9.59 Å². The normalized spacial score (nSPS) is 12.8. The molecule has 0 aliphatic heterocycles. The minimum Gasteiger partial charge on any atom is -0.308 e. The van der Waals surface area contributed by atoms with Crippen LogP contribution >= 0.6 is 17.0 Å². The predicted molar refractivity (Wildman–Crippen MR) is 130 cm³/mol. The van der Waals surface area contributed by atoms with Crippen molar-refractivity contribution in [1.82, 2.24) is 9.80 Å². The first kappa shape index (κ1) is 27.4. The van der Waals surface area contributed by atoms with E-state index in [1.165, 1.54) is 0 Å². The molecule has 162 valence electrons. The van der Waals surface area contributed by atoms with Crippen LogP contribution in [0.5, 0.6) is 0 Å². The predicted octanol–water partition coefficient (Wildman–Crippen LogP) is 4.60. The molecule has 5 heteroatoms. The standard InChI is InChI=1S/C24H36N2O2.BrH/c1-23(2,17-25(5)6)21(27)15-13-19-9-11-20(12-10-19)14-16-22(28)24(3,4)18-26(7)8;/h9-16H,17-18H2,1-8H3;1H/b15-13+,16-14+;. The Morgan fingerprint density at radius 2 is 1.00 bits per heavy atom. The molecule has 1 aromatic carbocycles. The third-order valence-electron chi connectivity index (χ3n) is 4.55.